The van der Waals surface area contributed by atoms with Crippen LogP contribution in [0, 0.1) is 0 Å². The van der Waals surface area contributed by atoms with E-state index in [4.69, 9.17) is 9.84 Å². The van der Waals surface area contributed by atoms with Crippen molar-refractivity contribution < 1.29 is 19.4 Å². The molecule has 0 unspecified atom stereocenters. The highest BCUT2D eigenvalue weighted by atomic mass is 16.5. The predicted molar refractivity (Wildman–Crippen MR) is 71.7 cm³/mol. The van der Waals surface area contributed by atoms with E-state index < -0.39 is 5.97 Å². The number of carbonyl (C=O) groups is 2. The van der Waals surface area contributed by atoms with Crippen LogP contribution in [-0.2, 0) is 4.79 Å². The van der Waals surface area contributed by atoms with Gasteiger partial charge in [-0.3, -0.25) is 4.79 Å². The molecule has 0 atom stereocenters. The number of hydrogen-bond acceptors (Lipinski definition) is 4. The number of aromatic carboxylic acids is 1. The van der Waals surface area contributed by atoms with Gasteiger partial charge < -0.3 is 20.5 Å². The van der Waals surface area contributed by atoms with Gasteiger partial charge in [0.2, 0.25) is 5.91 Å². The summed E-state index contributed by atoms with van der Waals surface area (Å²) in [6, 6.07) is 4.44. The Morgan fingerprint density at radius 2 is 2.11 bits per heavy atom. The largest absolute Gasteiger partial charge is 0.497 e. The topological polar surface area (TPSA) is 87.7 Å². The molecule has 0 radical (unpaired) electrons. The molecule has 104 valence electrons. The van der Waals surface area contributed by atoms with Gasteiger partial charge >= 0.3 is 5.97 Å². The summed E-state index contributed by atoms with van der Waals surface area (Å²) in [4.78, 5) is 22.7. The first-order valence-corrected chi connectivity index (χ1v) is 6.00. The molecule has 6 nitrogen and oxygen atoms in total. The molecule has 0 fully saturated rings. The van der Waals surface area contributed by atoms with Gasteiger partial charge in [0.05, 0.1) is 18.4 Å². The first-order chi connectivity index (χ1) is 9.08. The fraction of sp³-hybridized carbons (Fsp3) is 0.385. The predicted octanol–water partition coefficient (Wildman–Crippen LogP) is 1.33. The van der Waals surface area contributed by atoms with Gasteiger partial charge in [0.25, 0.3) is 0 Å². The van der Waals surface area contributed by atoms with E-state index in [1.807, 2.05) is 6.92 Å². The fourth-order valence-electron chi connectivity index (χ4n) is 1.53. The molecule has 19 heavy (non-hydrogen) atoms. The van der Waals surface area contributed by atoms with E-state index in [1.54, 1.807) is 0 Å². The standard InChI is InChI=1S/C13H18N2O4/c1-3-14-7-6-12(16)15-11-8-9(19-2)4-5-10(11)13(17)18/h4-5,8,14H,3,6-7H2,1-2H3,(H,15,16)(H,17,18). The number of carbonyl (C=O) groups excluding carboxylic acids is 1. The minimum atomic E-state index is -1.09. The number of nitrogens with one attached hydrogen (secondary N) is 2. The summed E-state index contributed by atoms with van der Waals surface area (Å²) in [5.41, 5.74) is 0.283. The fourth-order valence-corrected chi connectivity index (χ4v) is 1.53. The van der Waals surface area contributed by atoms with Gasteiger partial charge in [-0.2, -0.15) is 0 Å². The monoisotopic (exact) mass is 266 g/mol. The van der Waals surface area contributed by atoms with Crippen molar-refractivity contribution >= 4 is 17.6 Å². The average molecular weight is 266 g/mol. The van der Waals surface area contributed by atoms with Crippen LogP contribution in [0.15, 0.2) is 18.2 Å². The van der Waals surface area contributed by atoms with Gasteiger partial charge in [0, 0.05) is 19.0 Å². The van der Waals surface area contributed by atoms with Crippen molar-refractivity contribution in [1.82, 2.24) is 5.32 Å². The SMILES string of the molecule is CCNCCC(=O)Nc1cc(OC)ccc1C(=O)O. The number of anilines is 1. The van der Waals surface area contributed by atoms with Crippen molar-refractivity contribution in [3.8, 4) is 5.75 Å². The molecule has 0 aliphatic rings. The van der Waals surface area contributed by atoms with Crippen LogP contribution in [0.3, 0.4) is 0 Å². The number of hydrogen-bond donors (Lipinski definition) is 3. The number of ether oxygens (including phenoxy) is 1. The molecule has 1 aromatic carbocycles. The number of carboxylic acids is 1. The summed E-state index contributed by atoms with van der Waals surface area (Å²) in [7, 11) is 1.48. The highest BCUT2D eigenvalue weighted by Crippen LogP contribution is 2.22. The molecule has 0 spiro atoms. The maximum atomic E-state index is 11.7. The van der Waals surface area contributed by atoms with Gasteiger partial charge in [-0.05, 0) is 18.7 Å². The molecule has 0 aliphatic heterocycles. The first-order valence-electron chi connectivity index (χ1n) is 6.00. The minimum Gasteiger partial charge on any atom is -0.497 e. The third-order valence-corrected chi connectivity index (χ3v) is 2.51. The second-order valence-electron chi connectivity index (χ2n) is 3.87. The summed E-state index contributed by atoms with van der Waals surface area (Å²) in [6.07, 6.45) is 0.282. The van der Waals surface area contributed by atoms with E-state index in [1.165, 1.54) is 25.3 Å². The Labute approximate surface area is 111 Å². The first kappa shape index (κ1) is 15.0. The van der Waals surface area contributed by atoms with Crippen LogP contribution in [0.2, 0.25) is 0 Å². The number of carboxylic acid groups (broad SMARTS) is 1. The number of rotatable bonds is 7. The molecule has 0 heterocycles. The normalized spacial score (nSPS) is 10.0. The number of amides is 1. The second kappa shape index (κ2) is 7.38. The van der Waals surface area contributed by atoms with E-state index in [0.29, 0.717) is 12.3 Å². The van der Waals surface area contributed by atoms with Gasteiger partial charge in [-0.1, -0.05) is 6.92 Å². The van der Waals surface area contributed by atoms with Crippen LogP contribution >= 0.6 is 0 Å². The van der Waals surface area contributed by atoms with Gasteiger partial charge in [0.1, 0.15) is 5.75 Å². The summed E-state index contributed by atoms with van der Waals surface area (Å²) >= 11 is 0. The Morgan fingerprint density at radius 3 is 2.68 bits per heavy atom. The molecule has 0 bridgehead atoms. The number of methoxy groups -OCH3 is 1. The van der Waals surface area contributed by atoms with E-state index in [-0.39, 0.29) is 23.6 Å². The molecule has 3 N–H and O–H groups in total. The van der Waals surface area contributed by atoms with Crippen molar-refractivity contribution in [2.24, 2.45) is 0 Å². The van der Waals surface area contributed by atoms with Crippen molar-refractivity contribution in [1.29, 1.82) is 0 Å². The van der Waals surface area contributed by atoms with Crippen LogP contribution in [-0.4, -0.2) is 37.2 Å². The summed E-state index contributed by atoms with van der Waals surface area (Å²) in [5.74, 6) is -0.840. The lowest BCUT2D eigenvalue weighted by Gasteiger charge is -2.10. The Balaban J connectivity index is 2.79. The zero-order chi connectivity index (χ0) is 14.3. The molecule has 1 amide bonds. The van der Waals surface area contributed by atoms with E-state index in [0.717, 1.165) is 6.54 Å². The summed E-state index contributed by atoms with van der Waals surface area (Å²) in [5, 5.41) is 14.7. The van der Waals surface area contributed by atoms with Gasteiger partial charge in [-0.25, -0.2) is 4.79 Å². The molecule has 1 rings (SSSR count). The third-order valence-electron chi connectivity index (χ3n) is 2.51. The molecule has 0 saturated heterocycles. The van der Waals surface area contributed by atoms with Crippen LogP contribution in [0.4, 0.5) is 5.69 Å². The second-order valence-corrected chi connectivity index (χ2v) is 3.87. The zero-order valence-corrected chi connectivity index (χ0v) is 11.0. The quantitative estimate of drug-likeness (QED) is 0.648. The van der Waals surface area contributed by atoms with Crippen LogP contribution in [0.25, 0.3) is 0 Å². The lowest BCUT2D eigenvalue weighted by Crippen LogP contribution is -2.22. The third kappa shape index (κ3) is 4.59. The maximum absolute atomic E-state index is 11.7. The maximum Gasteiger partial charge on any atom is 0.337 e. The lowest BCUT2D eigenvalue weighted by molar-refractivity contribution is -0.116. The van der Waals surface area contributed by atoms with Crippen molar-refractivity contribution in [2.75, 3.05) is 25.5 Å². The lowest BCUT2D eigenvalue weighted by atomic mass is 10.1. The smallest absolute Gasteiger partial charge is 0.337 e. The van der Waals surface area contributed by atoms with Crippen LogP contribution in [0.5, 0.6) is 5.75 Å². The van der Waals surface area contributed by atoms with Crippen LogP contribution in [0.1, 0.15) is 23.7 Å². The van der Waals surface area contributed by atoms with E-state index in [9.17, 15) is 9.59 Å². The van der Waals surface area contributed by atoms with E-state index in [2.05, 4.69) is 10.6 Å². The van der Waals surface area contributed by atoms with E-state index >= 15 is 0 Å². The Hall–Kier alpha value is -2.08. The Bertz CT molecular complexity index is 460. The molecule has 0 aromatic heterocycles. The Morgan fingerprint density at radius 1 is 1.37 bits per heavy atom. The highest BCUT2D eigenvalue weighted by molar-refractivity contribution is 6.00. The molecule has 1 aromatic rings. The molecule has 0 aliphatic carbocycles. The van der Waals surface area contributed by atoms with Crippen molar-refractivity contribution in [3.05, 3.63) is 23.8 Å². The number of benzene rings is 1. The molecular weight excluding hydrogens is 248 g/mol. The average Bonchev–Trinajstić information content (AvgIpc) is 2.38. The van der Waals surface area contributed by atoms with Crippen LogP contribution < -0.4 is 15.4 Å². The Kier molecular flexibility index (Phi) is 5.81. The zero-order valence-electron chi connectivity index (χ0n) is 11.0. The van der Waals surface area contributed by atoms with Gasteiger partial charge in [-0.15, -0.1) is 0 Å². The molecule has 0 saturated carbocycles. The highest BCUT2D eigenvalue weighted by Gasteiger charge is 2.13. The summed E-state index contributed by atoms with van der Waals surface area (Å²) in [6.45, 7) is 3.28. The summed E-state index contributed by atoms with van der Waals surface area (Å²) < 4.78 is 5.01. The van der Waals surface area contributed by atoms with Crippen molar-refractivity contribution in [2.45, 2.75) is 13.3 Å². The minimum absolute atomic E-state index is 0.0394. The molecular formula is C13H18N2O4. The van der Waals surface area contributed by atoms with Crippen molar-refractivity contribution in [3.63, 3.8) is 0 Å². The molecule has 6 heteroatoms. The van der Waals surface area contributed by atoms with Gasteiger partial charge in [0.15, 0.2) is 0 Å².